The molecular weight excluding hydrogens is 392 g/mol. The van der Waals surface area contributed by atoms with Crippen molar-refractivity contribution in [2.24, 2.45) is 0 Å². The number of hydrogen-bond acceptors (Lipinski definition) is 6. The van der Waals surface area contributed by atoms with Crippen LogP contribution in [0.2, 0.25) is 0 Å². The average molecular weight is 417 g/mol. The third kappa shape index (κ3) is 6.60. The van der Waals surface area contributed by atoms with Crippen LogP contribution in [0.3, 0.4) is 0 Å². The highest BCUT2D eigenvalue weighted by atomic mass is 32.2. The first-order valence-corrected chi connectivity index (χ1v) is 11.7. The second-order valence-corrected chi connectivity index (χ2v) is 8.72. The van der Waals surface area contributed by atoms with Crippen molar-refractivity contribution in [3.63, 3.8) is 0 Å². The Morgan fingerprint density at radius 3 is 1.43 bits per heavy atom. The van der Waals surface area contributed by atoms with E-state index in [4.69, 9.17) is 9.47 Å². The van der Waals surface area contributed by atoms with Crippen LogP contribution in [0, 0.1) is 0 Å². The molecule has 0 amide bonds. The summed E-state index contributed by atoms with van der Waals surface area (Å²) in [5.74, 6) is 2.38. The molecule has 1 saturated heterocycles. The van der Waals surface area contributed by atoms with Gasteiger partial charge in [-0.3, -0.25) is 0 Å². The summed E-state index contributed by atoms with van der Waals surface area (Å²) in [7, 11) is 0. The molecule has 3 rings (SSSR count). The van der Waals surface area contributed by atoms with Crippen molar-refractivity contribution >= 4 is 35.5 Å². The van der Waals surface area contributed by atoms with E-state index in [0.717, 1.165) is 23.0 Å². The molecule has 0 N–H and O–H groups in total. The van der Waals surface area contributed by atoms with Crippen LogP contribution in [0.4, 0.5) is 0 Å². The summed E-state index contributed by atoms with van der Waals surface area (Å²) < 4.78 is 10.7. The van der Waals surface area contributed by atoms with Crippen LogP contribution < -0.4 is 0 Å². The zero-order chi connectivity index (χ0) is 19.6. The molecule has 0 aliphatic carbocycles. The maximum Gasteiger partial charge on any atom is 0.348 e. The molecule has 2 unspecified atom stereocenters. The Morgan fingerprint density at radius 1 is 0.643 bits per heavy atom. The second kappa shape index (κ2) is 11.2. The molecule has 1 fully saturated rings. The van der Waals surface area contributed by atoms with E-state index < -0.39 is 24.1 Å². The highest BCUT2D eigenvalue weighted by Gasteiger charge is 2.37. The minimum absolute atomic E-state index is 0.419. The van der Waals surface area contributed by atoms with Crippen molar-refractivity contribution in [1.29, 1.82) is 0 Å². The summed E-state index contributed by atoms with van der Waals surface area (Å²) in [6.07, 6.45) is -0.581. The summed E-state index contributed by atoms with van der Waals surface area (Å²) in [6, 6.07) is 20.3. The van der Waals surface area contributed by atoms with Gasteiger partial charge < -0.3 is 9.47 Å². The van der Waals surface area contributed by atoms with Gasteiger partial charge in [0.25, 0.3) is 0 Å². The number of esters is 2. The Hall–Kier alpha value is -1.92. The summed E-state index contributed by atoms with van der Waals surface area (Å²) >= 11 is 3.43. The largest absolute Gasteiger partial charge is 0.448 e. The number of carbonyl (C=O) groups excluding carboxylic acids is 2. The van der Waals surface area contributed by atoms with Gasteiger partial charge in [-0.25, -0.2) is 9.59 Å². The first-order chi connectivity index (χ1) is 13.7. The van der Waals surface area contributed by atoms with Crippen LogP contribution >= 0.6 is 23.5 Å². The molecule has 1 aliphatic heterocycles. The Morgan fingerprint density at radius 2 is 1.04 bits per heavy atom. The van der Waals surface area contributed by atoms with Crippen molar-refractivity contribution in [1.82, 2.24) is 0 Å². The van der Waals surface area contributed by atoms with Gasteiger partial charge >= 0.3 is 11.9 Å². The van der Waals surface area contributed by atoms with Crippen LogP contribution in [0.25, 0.3) is 0 Å². The molecule has 4 nitrogen and oxygen atoms in total. The molecule has 0 spiro atoms. The average Bonchev–Trinajstić information content (AvgIpc) is 2.73. The summed E-state index contributed by atoms with van der Waals surface area (Å²) in [6.45, 7) is 0. The monoisotopic (exact) mass is 416 g/mol. The van der Waals surface area contributed by atoms with Gasteiger partial charge in [-0.2, -0.15) is 23.5 Å². The van der Waals surface area contributed by atoms with Crippen LogP contribution in [-0.2, 0) is 30.6 Å². The predicted molar refractivity (Wildman–Crippen MR) is 114 cm³/mol. The van der Waals surface area contributed by atoms with E-state index in [1.807, 2.05) is 36.4 Å². The third-order valence-corrected chi connectivity index (χ3v) is 6.44. The standard InChI is InChI=1S/C22H24O4S2/c23-21-19(11-13-27-15-17-7-3-1-4-8-17)25-22(24)20(26-21)12-14-28-16-18-9-5-2-6-10-18/h1-10,19-20H,11-16H2. The van der Waals surface area contributed by atoms with Crippen molar-refractivity contribution in [3.8, 4) is 0 Å². The van der Waals surface area contributed by atoms with Crippen molar-refractivity contribution in [2.75, 3.05) is 11.5 Å². The summed E-state index contributed by atoms with van der Waals surface area (Å²) in [5, 5.41) is 0. The fraction of sp³-hybridized carbons (Fsp3) is 0.364. The van der Waals surface area contributed by atoms with E-state index in [0.29, 0.717) is 12.8 Å². The maximum absolute atomic E-state index is 12.2. The molecule has 148 valence electrons. The van der Waals surface area contributed by atoms with Crippen LogP contribution in [-0.4, -0.2) is 35.7 Å². The Balaban J connectivity index is 1.33. The molecule has 2 atom stereocenters. The van der Waals surface area contributed by atoms with Gasteiger partial charge in [0.15, 0.2) is 12.2 Å². The first-order valence-electron chi connectivity index (χ1n) is 9.36. The highest BCUT2D eigenvalue weighted by molar-refractivity contribution is 7.98. The number of thioether (sulfide) groups is 2. The third-order valence-electron chi connectivity index (χ3n) is 4.31. The number of benzene rings is 2. The topological polar surface area (TPSA) is 52.6 Å². The van der Waals surface area contributed by atoms with E-state index in [-0.39, 0.29) is 0 Å². The molecule has 2 aromatic rings. The molecule has 0 saturated carbocycles. The van der Waals surface area contributed by atoms with Gasteiger partial charge in [-0.1, -0.05) is 60.7 Å². The zero-order valence-corrected chi connectivity index (χ0v) is 17.3. The number of ether oxygens (including phenoxy) is 2. The summed E-state index contributed by atoms with van der Waals surface area (Å²) in [4.78, 5) is 24.3. The predicted octanol–water partition coefficient (Wildman–Crippen LogP) is 4.47. The lowest BCUT2D eigenvalue weighted by Gasteiger charge is -2.27. The number of cyclic esters (lactones) is 2. The van der Waals surface area contributed by atoms with Gasteiger partial charge in [0.2, 0.25) is 0 Å². The molecule has 1 aliphatic rings. The molecule has 0 bridgehead atoms. The van der Waals surface area contributed by atoms with Gasteiger partial charge in [0, 0.05) is 24.3 Å². The minimum atomic E-state index is -0.774. The quantitative estimate of drug-likeness (QED) is 0.421. The van der Waals surface area contributed by atoms with Gasteiger partial charge in [-0.05, 0) is 22.6 Å². The number of rotatable bonds is 10. The van der Waals surface area contributed by atoms with Crippen molar-refractivity contribution in [2.45, 2.75) is 36.6 Å². The lowest BCUT2D eigenvalue weighted by molar-refractivity contribution is -0.195. The zero-order valence-electron chi connectivity index (χ0n) is 15.6. The lowest BCUT2D eigenvalue weighted by atomic mass is 10.2. The molecule has 0 radical (unpaired) electrons. The molecule has 28 heavy (non-hydrogen) atoms. The molecular formula is C22H24O4S2. The SMILES string of the molecule is O=C1OC(CCSCc2ccccc2)C(=O)OC1CCSCc1ccccc1. The van der Waals surface area contributed by atoms with Crippen LogP contribution in [0.5, 0.6) is 0 Å². The first kappa shape index (κ1) is 20.8. The smallest absolute Gasteiger partial charge is 0.348 e. The van der Waals surface area contributed by atoms with E-state index in [1.54, 1.807) is 23.5 Å². The van der Waals surface area contributed by atoms with Crippen LogP contribution in [0.1, 0.15) is 24.0 Å². The fourth-order valence-corrected chi connectivity index (χ4v) is 4.70. The van der Waals surface area contributed by atoms with E-state index in [2.05, 4.69) is 24.3 Å². The Kier molecular flexibility index (Phi) is 8.30. The van der Waals surface area contributed by atoms with E-state index in [9.17, 15) is 9.59 Å². The second-order valence-electron chi connectivity index (χ2n) is 6.50. The van der Waals surface area contributed by atoms with E-state index >= 15 is 0 Å². The van der Waals surface area contributed by atoms with Gasteiger partial charge in [0.1, 0.15) is 0 Å². The van der Waals surface area contributed by atoms with Crippen molar-refractivity contribution in [3.05, 3.63) is 71.8 Å². The van der Waals surface area contributed by atoms with Gasteiger partial charge in [-0.15, -0.1) is 0 Å². The van der Waals surface area contributed by atoms with Crippen molar-refractivity contribution < 1.29 is 19.1 Å². The molecule has 2 aromatic carbocycles. The maximum atomic E-state index is 12.2. The normalized spacial score (nSPS) is 19.1. The lowest BCUT2D eigenvalue weighted by Crippen LogP contribution is -2.44. The number of carbonyl (C=O) groups is 2. The fourth-order valence-electron chi connectivity index (χ4n) is 2.79. The Bertz CT molecular complexity index is 686. The Labute approximate surface area is 174 Å². The highest BCUT2D eigenvalue weighted by Crippen LogP contribution is 2.21. The molecule has 6 heteroatoms. The van der Waals surface area contributed by atoms with E-state index in [1.165, 1.54) is 11.1 Å². The molecule has 1 heterocycles. The minimum Gasteiger partial charge on any atom is -0.448 e. The molecule has 0 aromatic heterocycles. The number of hydrogen-bond donors (Lipinski definition) is 0. The van der Waals surface area contributed by atoms with Gasteiger partial charge in [0.05, 0.1) is 0 Å². The van der Waals surface area contributed by atoms with Crippen LogP contribution in [0.15, 0.2) is 60.7 Å². The summed E-state index contributed by atoms with van der Waals surface area (Å²) in [5.41, 5.74) is 2.48.